The molecule has 0 fully saturated rings. The molecule has 0 unspecified atom stereocenters. The molecule has 1 aromatic heterocycles. The fraction of sp³-hybridized carbons (Fsp3) is 0.421. The Balaban J connectivity index is 2.57. The van der Waals surface area contributed by atoms with Gasteiger partial charge in [-0.15, -0.1) is 0 Å². The van der Waals surface area contributed by atoms with Crippen molar-refractivity contribution in [2.75, 3.05) is 13.2 Å². The van der Waals surface area contributed by atoms with Crippen LogP contribution in [0, 0.1) is 0 Å². The number of aromatic hydroxyl groups is 1. The van der Waals surface area contributed by atoms with Gasteiger partial charge in [0.15, 0.2) is 5.75 Å². The molecule has 1 aromatic carbocycles. The second-order valence-corrected chi connectivity index (χ2v) is 6.02. The number of phenols is 1. The van der Waals surface area contributed by atoms with Crippen LogP contribution in [0.4, 0.5) is 0 Å². The summed E-state index contributed by atoms with van der Waals surface area (Å²) in [6.07, 6.45) is 3.80. The molecule has 0 aliphatic rings. The Morgan fingerprint density at radius 3 is 2.67 bits per heavy atom. The van der Waals surface area contributed by atoms with E-state index in [4.69, 9.17) is 9.47 Å². The molecule has 0 radical (unpaired) electrons. The maximum absolute atomic E-state index is 12.7. The van der Waals surface area contributed by atoms with E-state index >= 15 is 0 Å². The highest BCUT2D eigenvalue weighted by atomic mass is 16.5. The van der Waals surface area contributed by atoms with E-state index in [-0.39, 0.29) is 17.1 Å². The molecule has 24 heavy (non-hydrogen) atoms. The van der Waals surface area contributed by atoms with E-state index in [0.29, 0.717) is 24.5 Å². The molecule has 1 N–H and O–H groups in total. The van der Waals surface area contributed by atoms with Crippen molar-refractivity contribution in [2.24, 2.45) is 7.05 Å². The number of fused-ring (bicyclic) bond motifs is 1. The van der Waals surface area contributed by atoms with Gasteiger partial charge >= 0.3 is 0 Å². The molecule has 0 aliphatic heterocycles. The van der Waals surface area contributed by atoms with Gasteiger partial charge in [-0.2, -0.15) is 0 Å². The van der Waals surface area contributed by atoms with E-state index in [2.05, 4.69) is 6.92 Å². The van der Waals surface area contributed by atoms with Gasteiger partial charge in [-0.05, 0) is 38.5 Å². The van der Waals surface area contributed by atoms with E-state index in [9.17, 15) is 9.90 Å². The van der Waals surface area contributed by atoms with E-state index in [1.54, 1.807) is 25.2 Å². The van der Waals surface area contributed by atoms with E-state index in [0.717, 1.165) is 23.8 Å². The van der Waals surface area contributed by atoms with Gasteiger partial charge in [0.25, 0.3) is 5.56 Å². The van der Waals surface area contributed by atoms with Gasteiger partial charge in [0.05, 0.1) is 12.1 Å². The van der Waals surface area contributed by atoms with E-state index in [1.807, 2.05) is 19.9 Å². The lowest BCUT2D eigenvalue weighted by Gasteiger charge is -2.16. The standard InChI is InChI=1S/C19H25NO4/c1-5-6-10-23-17-15-8-7-14(21)12-16(15)20(4)19(22)18(17)24-11-9-13(2)3/h7-9,12,21H,5-6,10-11H2,1-4H3. The number of allylic oxidation sites excluding steroid dienone is 1. The highest BCUT2D eigenvalue weighted by molar-refractivity contribution is 5.88. The van der Waals surface area contributed by atoms with Crippen molar-refractivity contribution >= 4 is 10.9 Å². The summed E-state index contributed by atoms with van der Waals surface area (Å²) in [5.74, 6) is 0.767. The number of pyridine rings is 1. The molecular weight excluding hydrogens is 306 g/mol. The van der Waals surface area contributed by atoms with Crippen LogP contribution in [0.25, 0.3) is 10.9 Å². The molecule has 0 aliphatic carbocycles. The van der Waals surface area contributed by atoms with Gasteiger partial charge in [-0.1, -0.05) is 18.9 Å². The van der Waals surface area contributed by atoms with Gasteiger partial charge < -0.3 is 19.1 Å². The fourth-order valence-corrected chi connectivity index (χ4v) is 2.35. The molecule has 5 heteroatoms. The minimum absolute atomic E-state index is 0.107. The van der Waals surface area contributed by atoms with Crippen LogP contribution >= 0.6 is 0 Å². The zero-order valence-electron chi connectivity index (χ0n) is 14.8. The summed E-state index contributed by atoms with van der Waals surface area (Å²) in [7, 11) is 1.66. The zero-order chi connectivity index (χ0) is 17.7. The molecule has 0 saturated heterocycles. The lowest BCUT2D eigenvalue weighted by Crippen LogP contribution is -2.21. The Labute approximate surface area is 142 Å². The number of nitrogens with zero attached hydrogens (tertiary/aromatic N) is 1. The zero-order valence-corrected chi connectivity index (χ0v) is 14.8. The molecule has 5 nitrogen and oxygen atoms in total. The summed E-state index contributed by atoms with van der Waals surface area (Å²) in [6.45, 7) is 6.85. The lowest BCUT2D eigenvalue weighted by molar-refractivity contribution is 0.278. The lowest BCUT2D eigenvalue weighted by atomic mass is 10.1. The molecule has 1 heterocycles. The highest BCUT2D eigenvalue weighted by Crippen LogP contribution is 2.34. The highest BCUT2D eigenvalue weighted by Gasteiger charge is 2.18. The average Bonchev–Trinajstić information content (AvgIpc) is 2.54. The summed E-state index contributed by atoms with van der Waals surface area (Å²) in [5.41, 5.74) is 1.45. The molecule has 0 amide bonds. The first-order valence-corrected chi connectivity index (χ1v) is 8.20. The average molecular weight is 331 g/mol. The molecule has 130 valence electrons. The molecular formula is C19H25NO4. The van der Waals surface area contributed by atoms with Crippen LogP contribution in [-0.4, -0.2) is 22.9 Å². The first-order valence-electron chi connectivity index (χ1n) is 8.20. The minimum atomic E-state index is -0.276. The Morgan fingerprint density at radius 1 is 1.25 bits per heavy atom. The van der Waals surface area contributed by atoms with Gasteiger partial charge in [0.1, 0.15) is 12.4 Å². The smallest absolute Gasteiger partial charge is 0.297 e. The number of ether oxygens (including phenoxy) is 2. The first-order chi connectivity index (χ1) is 11.5. The molecule has 0 spiro atoms. The predicted molar refractivity (Wildman–Crippen MR) is 96.2 cm³/mol. The third-order valence-electron chi connectivity index (χ3n) is 3.76. The molecule has 2 aromatic rings. The SMILES string of the molecule is CCCCOc1c(OCC=C(C)C)c(=O)n(C)c2cc(O)ccc12. The van der Waals surface area contributed by atoms with Crippen LogP contribution < -0.4 is 15.0 Å². The maximum atomic E-state index is 12.7. The predicted octanol–water partition coefficient (Wildman–Crippen LogP) is 3.77. The summed E-state index contributed by atoms with van der Waals surface area (Å²) in [4.78, 5) is 12.7. The third kappa shape index (κ3) is 3.91. The fourth-order valence-electron chi connectivity index (χ4n) is 2.35. The van der Waals surface area contributed by atoms with Gasteiger partial charge in [0, 0.05) is 18.5 Å². The van der Waals surface area contributed by atoms with Crippen molar-refractivity contribution in [3.05, 3.63) is 40.2 Å². The monoisotopic (exact) mass is 331 g/mol. The van der Waals surface area contributed by atoms with Crippen molar-refractivity contribution in [2.45, 2.75) is 33.6 Å². The van der Waals surface area contributed by atoms with Crippen LogP contribution in [0.5, 0.6) is 17.2 Å². The van der Waals surface area contributed by atoms with Crippen molar-refractivity contribution in [1.82, 2.24) is 4.57 Å². The van der Waals surface area contributed by atoms with Crippen molar-refractivity contribution < 1.29 is 14.6 Å². The van der Waals surface area contributed by atoms with Crippen LogP contribution in [0.15, 0.2) is 34.6 Å². The Hall–Kier alpha value is -2.43. The first kappa shape index (κ1) is 17.9. The maximum Gasteiger partial charge on any atom is 0.297 e. The minimum Gasteiger partial charge on any atom is -0.508 e. The second-order valence-electron chi connectivity index (χ2n) is 6.02. The number of aryl methyl sites for hydroxylation is 1. The number of aromatic nitrogens is 1. The summed E-state index contributed by atoms with van der Waals surface area (Å²) in [6, 6.07) is 4.89. The summed E-state index contributed by atoms with van der Waals surface area (Å²) >= 11 is 0. The van der Waals surface area contributed by atoms with Crippen LogP contribution in [0.3, 0.4) is 0 Å². The Bertz CT molecular complexity index is 801. The second kappa shape index (κ2) is 7.90. The van der Waals surface area contributed by atoms with Crippen LogP contribution in [0.2, 0.25) is 0 Å². The third-order valence-corrected chi connectivity index (χ3v) is 3.76. The van der Waals surface area contributed by atoms with Crippen molar-refractivity contribution in [3.8, 4) is 17.2 Å². The van der Waals surface area contributed by atoms with Gasteiger partial charge in [0.2, 0.25) is 5.75 Å². The normalized spacial score (nSPS) is 10.7. The number of unbranched alkanes of at least 4 members (excludes halogenated alkanes) is 1. The number of hydrogen-bond donors (Lipinski definition) is 1. The molecule has 0 bridgehead atoms. The number of benzene rings is 1. The molecule has 0 atom stereocenters. The topological polar surface area (TPSA) is 60.7 Å². The quantitative estimate of drug-likeness (QED) is 0.620. The molecule has 2 rings (SSSR count). The van der Waals surface area contributed by atoms with Crippen molar-refractivity contribution in [1.29, 1.82) is 0 Å². The number of rotatable bonds is 7. The van der Waals surface area contributed by atoms with Gasteiger partial charge in [-0.25, -0.2) is 0 Å². The Morgan fingerprint density at radius 2 is 2.00 bits per heavy atom. The number of phenolic OH excluding ortho intramolecular Hbond substituents is 1. The van der Waals surface area contributed by atoms with Crippen molar-refractivity contribution in [3.63, 3.8) is 0 Å². The van der Waals surface area contributed by atoms with E-state index < -0.39 is 0 Å². The summed E-state index contributed by atoms with van der Waals surface area (Å²) < 4.78 is 13.1. The van der Waals surface area contributed by atoms with Crippen LogP contribution in [-0.2, 0) is 7.05 Å². The van der Waals surface area contributed by atoms with E-state index in [1.165, 1.54) is 4.57 Å². The van der Waals surface area contributed by atoms with Gasteiger partial charge in [-0.3, -0.25) is 4.79 Å². The summed E-state index contributed by atoms with van der Waals surface area (Å²) in [5, 5.41) is 10.5. The van der Waals surface area contributed by atoms with Crippen LogP contribution in [0.1, 0.15) is 33.6 Å². The largest absolute Gasteiger partial charge is 0.508 e. The number of hydrogen-bond acceptors (Lipinski definition) is 4. The molecule has 0 saturated carbocycles. The Kier molecular flexibility index (Phi) is 5.90.